The van der Waals surface area contributed by atoms with Crippen molar-refractivity contribution in [2.75, 3.05) is 12.8 Å². The Morgan fingerprint density at radius 3 is 2.73 bits per heavy atom. The Morgan fingerprint density at radius 1 is 1.14 bits per heavy atom. The number of rotatable bonds is 3. The summed E-state index contributed by atoms with van der Waals surface area (Å²) in [5, 5.41) is 5.88. The van der Waals surface area contributed by atoms with Gasteiger partial charge in [0.05, 0.1) is 11.8 Å². The summed E-state index contributed by atoms with van der Waals surface area (Å²) in [5.74, 6) is 0.729. The standard InChI is InChI=1S/C17H22N2O2S/c1-18-16(20)12-7-2-4-8-14(12)19-17(21)13-10-22-15-9-5-3-6-11(13)15/h3,5-6,9,12-14H,2,4,7-8,10H2,1H3,(H,18,20)(H,19,21)/t12-,13+,14+/m1/s1. The summed E-state index contributed by atoms with van der Waals surface area (Å²) in [4.78, 5) is 25.9. The minimum absolute atomic E-state index is 0.0287. The predicted molar refractivity (Wildman–Crippen MR) is 87.9 cm³/mol. The zero-order valence-electron chi connectivity index (χ0n) is 12.8. The van der Waals surface area contributed by atoms with Crippen LogP contribution in [0.2, 0.25) is 0 Å². The van der Waals surface area contributed by atoms with Crippen LogP contribution >= 0.6 is 11.8 Å². The molecule has 3 atom stereocenters. The number of fused-ring (bicyclic) bond motifs is 1. The van der Waals surface area contributed by atoms with Gasteiger partial charge in [-0.15, -0.1) is 11.8 Å². The maximum Gasteiger partial charge on any atom is 0.228 e. The number of amides is 2. The van der Waals surface area contributed by atoms with Crippen LogP contribution < -0.4 is 10.6 Å². The van der Waals surface area contributed by atoms with Crippen molar-refractivity contribution in [2.45, 2.75) is 42.5 Å². The fourth-order valence-electron chi connectivity index (χ4n) is 3.47. The van der Waals surface area contributed by atoms with Gasteiger partial charge < -0.3 is 10.6 Å². The van der Waals surface area contributed by atoms with Gasteiger partial charge >= 0.3 is 0 Å². The molecule has 0 aromatic heterocycles. The molecule has 0 unspecified atom stereocenters. The molecule has 1 aliphatic carbocycles. The molecule has 5 heteroatoms. The van der Waals surface area contributed by atoms with E-state index in [1.165, 1.54) is 4.90 Å². The highest BCUT2D eigenvalue weighted by atomic mass is 32.2. The summed E-state index contributed by atoms with van der Waals surface area (Å²) in [7, 11) is 1.67. The minimum Gasteiger partial charge on any atom is -0.359 e. The van der Waals surface area contributed by atoms with Crippen LogP contribution in [0.15, 0.2) is 29.2 Å². The number of carbonyl (C=O) groups excluding carboxylic acids is 2. The molecule has 0 radical (unpaired) electrons. The molecule has 2 N–H and O–H groups in total. The molecular weight excluding hydrogens is 296 g/mol. The largest absolute Gasteiger partial charge is 0.359 e. The lowest BCUT2D eigenvalue weighted by Gasteiger charge is -2.31. The first-order chi connectivity index (χ1) is 10.7. The third-order valence-corrected chi connectivity index (χ3v) is 5.88. The van der Waals surface area contributed by atoms with Crippen molar-refractivity contribution in [3.05, 3.63) is 29.8 Å². The molecule has 22 heavy (non-hydrogen) atoms. The second-order valence-corrected chi connectivity index (χ2v) is 7.08. The Labute approximate surface area is 135 Å². The first kappa shape index (κ1) is 15.4. The van der Waals surface area contributed by atoms with Crippen LogP contribution in [0.5, 0.6) is 0 Å². The second kappa shape index (κ2) is 6.73. The van der Waals surface area contributed by atoms with E-state index in [2.05, 4.69) is 16.7 Å². The molecule has 0 bridgehead atoms. The third kappa shape index (κ3) is 3.00. The van der Waals surface area contributed by atoms with Crippen LogP contribution in [0.1, 0.15) is 37.2 Å². The monoisotopic (exact) mass is 318 g/mol. The van der Waals surface area contributed by atoms with Gasteiger partial charge in [0.1, 0.15) is 0 Å². The summed E-state index contributed by atoms with van der Waals surface area (Å²) in [6.07, 6.45) is 3.90. The van der Waals surface area contributed by atoms with Crippen molar-refractivity contribution in [1.82, 2.24) is 10.6 Å². The van der Waals surface area contributed by atoms with Crippen LogP contribution in [0.4, 0.5) is 0 Å². The Morgan fingerprint density at radius 2 is 1.91 bits per heavy atom. The number of hydrogen-bond acceptors (Lipinski definition) is 3. The minimum atomic E-state index is -0.0907. The topological polar surface area (TPSA) is 58.2 Å². The number of thioether (sulfide) groups is 1. The third-order valence-electron chi connectivity index (χ3n) is 4.69. The molecule has 1 aromatic carbocycles. The lowest BCUT2D eigenvalue weighted by atomic mass is 9.83. The number of benzene rings is 1. The van der Waals surface area contributed by atoms with E-state index in [9.17, 15) is 9.59 Å². The number of nitrogens with one attached hydrogen (secondary N) is 2. The van der Waals surface area contributed by atoms with E-state index in [4.69, 9.17) is 0 Å². The molecule has 2 amide bonds. The Kier molecular flexibility index (Phi) is 4.71. The maximum atomic E-state index is 12.7. The molecule has 0 saturated heterocycles. The fourth-order valence-corrected chi connectivity index (χ4v) is 4.69. The number of carbonyl (C=O) groups is 2. The highest BCUT2D eigenvalue weighted by Gasteiger charge is 2.35. The average molecular weight is 318 g/mol. The first-order valence-electron chi connectivity index (χ1n) is 7.94. The van der Waals surface area contributed by atoms with Crippen LogP contribution in [-0.4, -0.2) is 30.7 Å². The van der Waals surface area contributed by atoms with Gasteiger partial charge in [0.2, 0.25) is 11.8 Å². The summed E-state index contributed by atoms with van der Waals surface area (Å²) in [6, 6.07) is 8.07. The van der Waals surface area contributed by atoms with Crippen LogP contribution in [0.25, 0.3) is 0 Å². The van der Waals surface area contributed by atoms with Gasteiger partial charge in [0.25, 0.3) is 0 Å². The Hall–Kier alpha value is -1.49. The Bertz CT molecular complexity index is 576. The zero-order valence-corrected chi connectivity index (χ0v) is 13.6. The summed E-state index contributed by atoms with van der Waals surface area (Å²) < 4.78 is 0. The molecule has 1 aliphatic heterocycles. The molecule has 4 nitrogen and oxygen atoms in total. The number of hydrogen-bond donors (Lipinski definition) is 2. The molecule has 3 rings (SSSR count). The predicted octanol–water partition coefficient (Wildman–Crippen LogP) is 2.30. The van der Waals surface area contributed by atoms with Gasteiger partial charge in [0, 0.05) is 23.7 Å². The Balaban J connectivity index is 1.70. The van der Waals surface area contributed by atoms with Crippen LogP contribution in [0.3, 0.4) is 0 Å². The van der Waals surface area contributed by atoms with Crippen molar-refractivity contribution in [3.8, 4) is 0 Å². The molecule has 2 aliphatic rings. The summed E-state index contributed by atoms with van der Waals surface area (Å²) >= 11 is 1.74. The van der Waals surface area contributed by atoms with E-state index in [1.807, 2.05) is 18.2 Å². The normalized spacial score (nSPS) is 27.0. The van der Waals surface area contributed by atoms with Gasteiger partial charge in [-0.25, -0.2) is 0 Å². The van der Waals surface area contributed by atoms with Crippen molar-refractivity contribution in [3.63, 3.8) is 0 Å². The van der Waals surface area contributed by atoms with E-state index in [0.29, 0.717) is 0 Å². The highest BCUT2D eigenvalue weighted by molar-refractivity contribution is 7.99. The van der Waals surface area contributed by atoms with Gasteiger partial charge in [-0.2, -0.15) is 0 Å². The van der Waals surface area contributed by atoms with Gasteiger partial charge in [-0.1, -0.05) is 31.0 Å². The van der Waals surface area contributed by atoms with Crippen LogP contribution in [-0.2, 0) is 9.59 Å². The molecule has 1 heterocycles. The smallest absolute Gasteiger partial charge is 0.228 e. The highest BCUT2D eigenvalue weighted by Crippen LogP contribution is 2.39. The van der Waals surface area contributed by atoms with Crippen molar-refractivity contribution in [2.24, 2.45) is 5.92 Å². The van der Waals surface area contributed by atoms with Crippen LogP contribution in [0, 0.1) is 5.92 Å². The van der Waals surface area contributed by atoms with Crippen molar-refractivity contribution in [1.29, 1.82) is 0 Å². The SMILES string of the molecule is CNC(=O)[C@@H]1CCCC[C@@H]1NC(=O)[C@H]1CSc2ccccc21. The van der Waals surface area contributed by atoms with Crippen molar-refractivity contribution >= 4 is 23.6 Å². The van der Waals surface area contributed by atoms with E-state index in [0.717, 1.165) is 37.0 Å². The molecule has 1 fully saturated rings. The molecule has 1 aromatic rings. The molecule has 118 valence electrons. The fraction of sp³-hybridized carbons (Fsp3) is 0.529. The van der Waals surface area contributed by atoms with E-state index in [-0.39, 0.29) is 29.7 Å². The van der Waals surface area contributed by atoms with Gasteiger partial charge in [-0.3, -0.25) is 9.59 Å². The first-order valence-corrected chi connectivity index (χ1v) is 8.93. The van der Waals surface area contributed by atoms with E-state index >= 15 is 0 Å². The summed E-state index contributed by atoms with van der Waals surface area (Å²) in [5.41, 5.74) is 1.12. The molecule has 1 saturated carbocycles. The quantitative estimate of drug-likeness (QED) is 0.899. The van der Waals surface area contributed by atoms with Crippen molar-refractivity contribution < 1.29 is 9.59 Å². The molecule has 0 spiro atoms. The van der Waals surface area contributed by atoms with Gasteiger partial charge in [-0.05, 0) is 24.5 Å². The lowest BCUT2D eigenvalue weighted by molar-refractivity contribution is -0.128. The maximum absolute atomic E-state index is 12.7. The second-order valence-electron chi connectivity index (χ2n) is 6.02. The van der Waals surface area contributed by atoms with E-state index < -0.39 is 0 Å². The summed E-state index contributed by atoms with van der Waals surface area (Å²) in [6.45, 7) is 0. The molecular formula is C17H22N2O2S. The zero-order chi connectivity index (χ0) is 15.5. The average Bonchev–Trinajstić information content (AvgIpc) is 2.99. The van der Waals surface area contributed by atoms with Gasteiger partial charge in [0.15, 0.2) is 0 Å². The lowest BCUT2D eigenvalue weighted by Crippen LogP contribution is -2.49. The van der Waals surface area contributed by atoms with E-state index in [1.54, 1.807) is 18.8 Å².